The summed E-state index contributed by atoms with van der Waals surface area (Å²) in [5.41, 5.74) is 9.14. The standard InChI is InChI=1S/C29H32N8/c1-18(2)13-19(3)32-21-14-20(16-30-17-21)23-7-8-24-27(33-23)28(36-35-24)25-15-22-26(9-10-31-29(22)34-25)37-11-5-4-6-12-37/h7-10,14-18,32H,3-6,11-13H2,1-2H3,(H,31,34)(H,35,36). The van der Waals surface area contributed by atoms with Crippen molar-refractivity contribution in [2.75, 3.05) is 23.3 Å². The SMILES string of the molecule is C=C(CC(C)C)Nc1cncc(-c2ccc3[nH]nc(-c4cc5c(N6CCCCC6)ccnc5[nH]4)c3n2)c1. The minimum atomic E-state index is 0.537. The molecule has 8 nitrogen and oxygen atoms in total. The van der Waals surface area contributed by atoms with Crippen LogP contribution in [-0.4, -0.2) is 43.2 Å². The van der Waals surface area contributed by atoms with Crippen LogP contribution in [0.3, 0.4) is 0 Å². The molecule has 0 spiro atoms. The number of anilines is 2. The average Bonchev–Trinajstić information content (AvgIpc) is 3.52. The molecule has 0 atom stereocenters. The van der Waals surface area contributed by atoms with Gasteiger partial charge in [-0.25, -0.2) is 9.97 Å². The van der Waals surface area contributed by atoms with Crippen molar-refractivity contribution in [3.63, 3.8) is 0 Å². The van der Waals surface area contributed by atoms with E-state index in [0.717, 1.165) is 75.6 Å². The molecule has 6 heterocycles. The number of H-pyrrole nitrogens is 2. The molecule has 1 aliphatic rings. The largest absolute Gasteiger partial charge is 0.371 e. The lowest BCUT2D eigenvalue weighted by Crippen LogP contribution is -2.29. The number of piperidine rings is 1. The van der Waals surface area contributed by atoms with Crippen LogP contribution in [0.2, 0.25) is 0 Å². The molecular weight excluding hydrogens is 460 g/mol. The van der Waals surface area contributed by atoms with Crippen molar-refractivity contribution in [1.82, 2.24) is 30.1 Å². The molecule has 1 aliphatic heterocycles. The number of hydrogen-bond donors (Lipinski definition) is 3. The summed E-state index contributed by atoms with van der Waals surface area (Å²) < 4.78 is 0. The zero-order valence-corrected chi connectivity index (χ0v) is 21.4. The molecule has 6 rings (SSSR count). The van der Waals surface area contributed by atoms with Crippen molar-refractivity contribution in [2.24, 2.45) is 5.92 Å². The molecule has 1 fully saturated rings. The van der Waals surface area contributed by atoms with Gasteiger partial charge in [-0.05, 0) is 61.9 Å². The van der Waals surface area contributed by atoms with Crippen LogP contribution in [0, 0.1) is 5.92 Å². The third kappa shape index (κ3) is 4.67. The van der Waals surface area contributed by atoms with E-state index in [4.69, 9.17) is 4.98 Å². The van der Waals surface area contributed by atoms with Gasteiger partial charge in [0.1, 0.15) is 16.9 Å². The molecule has 1 saturated heterocycles. The summed E-state index contributed by atoms with van der Waals surface area (Å²) in [6.45, 7) is 10.7. The Morgan fingerprint density at radius 3 is 2.81 bits per heavy atom. The first kappa shape index (κ1) is 23.2. The van der Waals surface area contributed by atoms with Gasteiger partial charge in [0, 0.05) is 47.8 Å². The van der Waals surface area contributed by atoms with Gasteiger partial charge in [-0.3, -0.25) is 10.1 Å². The first-order chi connectivity index (χ1) is 18.0. The number of hydrogen-bond acceptors (Lipinski definition) is 6. The number of nitrogens with one attached hydrogen (secondary N) is 3. The second-order valence-electron chi connectivity index (χ2n) is 10.3. The van der Waals surface area contributed by atoms with E-state index in [9.17, 15) is 0 Å². The Hall–Kier alpha value is -4.20. The number of rotatable bonds is 7. The van der Waals surface area contributed by atoms with Crippen molar-refractivity contribution in [3.8, 4) is 22.6 Å². The van der Waals surface area contributed by atoms with Gasteiger partial charge in [0.15, 0.2) is 0 Å². The highest BCUT2D eigenvalue weighted by atomic mass is 15.1. The van der Waals surface area contributed by atoms with Crippen LogP contribution in [0.5, 0.6) is 0 Å². The predicted octanol–water partition coefficient (Wildman–Crippen LogP) is 6.53. The van der Waals surface area contributed by atoms with Gasteiger partial charge < -0.3 is 15.2 Å². The predicted molar refractivity (Wildman–Crippen MR) is 150 cm³/mol. The summed E-state index contributed by atoms with van der Waals surface area (Å²) in [5, 5.41) is 12.3. The fraction of sp³-hybridized carbons (Fsp3) is 0.310. The molecule has 37 heavy (non-hydrogen) atoms. The molecule has 5 aromatic heterocycles. The zero-order chi connectivity index (χ0) is 25.4. The quantitative estimate of drug-likeness (QED) is 0.239. The Morgan fingerprint density at radius 2 is 1.97 bits per heavy atom. The van der Waals surface area contributed by atoms with E-state index in [2.05, 4.69) is 74.0 Å². The van der Waals surface area contributed by atoms with Gasteiger partial charge in [0.2, 0.25) is 0 Å². The molecule has 3 N–H and O–H groups in total. The van der Waals surface area contributed by atoms with Crippen molar-refractivity contribution in [1.29, 1.82) is 0 Å². The van der Waals surface area contributed by atoms with Crippen LogP contribution >= 0.6 is 0 Å². The third-order valence-electron chi connectivity index (χ3n) is 6.88. The molecule has 5 aromatic rings. The smallest absolute Gasteiger partial charge is 0.139 e. The highest BCUT2D eigenvalue weighted by Crippen LogP contribution is 2.34. The Kier molecular flexibility index (Phi) is 6.08. The Bertz CT molecular complexity index is 1570. The van der Waals surface area contributed by atoms with E-state index in [1.165, 1.54) is 24.9 Å². The van der Waals surface area contributed by atoms with E-state index in [1.54, 1.807) is 0 Å². The summed E-state index contributed by atoms with van der Waals surface area (Å²) in [6.07, 6.45) is 10.2. The molecule has 188 valence electrons. The van der Waals surface area contributed by atoms with Crippen LogP contribution in [0.4, 0.5) is 11.4 Å². The lowest BCUT2D eigenvalue weighted by atomic mass is 10.1. The molecule has 0 radical (unpaired) electrons. The summed E-state index contributed by atoms with van der Waals surface area (Å²) in [5.74, 6) is 0.537. The molecule has 0 saturated carbocycles. The topological polar surface area (TPSA) is 98.4 Å². The van der Waals surface area contributed by atoms with Gasteiger partial charge in [0.05, 0.1) is 28.8 Å². The normalized spacial score (nSPS) is 14.1. The van der Waals surface area contributed by atoms with Gasteiger partial charge in [-0.1, -0.05) is 20.4 Å². The maximum Gasteiger partial charge on any atom is 0.139 e. The zero-order valence-electron chi connectivity index (χ0n) is 21.4. The number of pyridine rings is 3. The molecule has 0 amide bonds. The number of nitrogens with zero attached hydrogens (tertiary/aromatic N) is 5. The minimum absolute atomic E-state index is 0.537. The van der Waals surface area contributed by atoms with Crippen LogP contribution in [-0.2, 0) is 0 Å². The van der Waals surface area contributed by atoms with Crippen molar-refractivity contribution < 1.29 is 0 Å². The van der Waals surface area contributed by atoms with Gasteiger partial charge in [0.25, 0.3) is 0 Å². The minimum Gasteiger partial charge on any atom is -0.371 e. The maximum absolute atomic E-state index is 5.00. The fourth-order valence-electron chi connectivity index (χ4n) is 5.19. The van der Waals surface area contributed by atoms with E-state index in [1.807, 2.05) is 30.7 Å². The van der Waals surface area contributed by atoms with Gasteiger partial charge >= 0.3 is 0 Å². The monoisotopic (exact) mass is 492 g/mol. The molecule has 0 bridgehead atoms. The van der Waals surface area contributed by atoms with Gasteiger partial charge in [-0.2, -0.15) is 5.10 Å². The van der Waals surface area contributed by atoms with E-state index in [0.29, 0.717) is 5.92 Å². The summed E-state index contributed by atoms with van der Waals surface area (Å²) in [6, 6.07) is 10.3. The van der Waals surface area contributed by atoms with Crippen LogP contribution in [0.25, 0.3) is 44.7 Å². The van der Waals surface area contributed by atoms with E-state index >= 15 is 0 Å². The van der Waals surface area contributed by atoms with E-state index in [-0.39, 0.29) is 0 Å². The van der Waals surface area contributed by atoms with E-state index < -0.39 is 0 Å². The number of aromatic amines is 2. The molecular formula is C29H32N8. The number of fused-ring (bicyclic) bond motifs is 2. The van der Waals surface area contributed by atoms with Crippen LogP contribution < -0.4 is 10.2 Å². The highest BCUT2D eigenvalue weighted by Gasteiger charge is 2.18. The first-order valence-electron chi connectivity index (χ1n) is 13.0. The fourth-order valence-corrected chi connectivity index (χ4v) is 5.19. The number of aromatic nitrogens is 6. The van der Waals surface area contributed by atoms with Crippen LogP contribution in [0.15, 0.2) is 61.2 Å². The Balaban J connectivity index is 1.35. The second-order valence-corrected chi connectivity index (χ2v) is 10.3. The molecule has 0 aliphatic carbocycles. The first-order valence-corrected chi connectivity index (χ1v) is 13.0. The second kappa shape index (κ2) is 9.69. The van der Waals surface area contributed by atoms with Crippen molar-refractivity contribution in [2.45, 2.75) is 39.5 Å². The molecule has 0 aromatic carbocycles. The third-order valence-corrected chi connectivity index (χ3v) is 6.88. The lowest BCUT2D eigenvalue weighted by molar-refractivity contribution is 0.579. The lowest BCUT2D eigenvalue weighted by Gasteiger charge is -2.29. The summed E-state index contributed by atoms with van der Waals surface area (Å²) in [4.78, 5) is 20.0. The summed E-state index contributed by atoms with van der Waals surface area (Å²) >= 11 is 0. The maximum atomic E-state index is 5.00. The average molecular weight is 493 g/mol. The highest BCUT2D eigenvalue weighted by molar-refractivity contribution is 5.97. The summed E-state index contributed by atoms with van der Waals surface area (Å²) in [7, 11) is 0. The Morgan fingerprint density at radius 1 is 1.11 bits per heavy atom. The van der Waals surface area contributed by atoms with Crippen LogP contribution in [0.1, 0.15) is 39.5 Å². The Labute approximate surface area is 216 Å². The van der Waals surface area contributed by atoms with Crippen molar-refractivity contribution >= 4 is 33.4 Å². The van der Waals surface area contributed by atoms with Gasteiger partial charge in [-0.15, -0.1) is 0 Å². The van der Waals surface area contributed by atoms with Crippen molar-refractivity contribution in [3.05, 3.63) is 61.2 Å². The number of allylic oxidation sites excluding steroid dienone is 1. The molecule has 0 unspecified atom stereocenters. The molecule has 8 heteroatoms.